The van der Waals surface area contributed by atoms with Crippen LogP contribution in [0.5, 0.6) is 0 Å². The summed E-state index contributed by atoms with van der Waals surface area (Å²) in [6.45, 7) is 4.52. The molecule has 2 aromatic heterocycles. The molecule has 0 spiro atoms. The van der Waals surface area contributed by atoms with Gasteiger partial charge in [-0.15, -0.1) is 0 Å². The molecule has 1 amide bonds. The van der Waals surface area contributed by atoms with Crippen LogP contribution in [0.3, 0.4) is 0 Å². The molecule has 3 rings (SSSR count). The lowest BCUT2D eigenvalue weighted by Gasteiger charge is -2.31. The molecule has 1 N–H and O–H groups in total. The number of amides is 1. The quantitative estimate of drug-likeness (QED) is 0.918. The molecule has 3 heterocycles. The Labute approximate surface area is 124 Å². The highest BCUT2D eigenvalue weighted by Gasteiger charge is 2.22. The van der Waals surface area contributed by atoms with Gasteiger partial charge in [0, 0.05) is 12.4 Å². The summed E-state index contributed by atoms with van der Waals surface area (Å²) < 4.78 is 1.94. The van der Waals surface area contributed by atoms with Crippen molar-refractivity contribution >= 4 is 11.6 Å². The zero-order valence-corrected chi connectivity index (χ0v) is 12.3. The van der Waals surface area contributed by atoms with Crippen LogP contribution in [0.1, 0.15) is 31.9 Å². The van der Waals surface area contributed by atoms with Crippen molar-refractivity contribution in [1.29, 1.82) is 0 Å². The molecule has 0 unspecified atom stereocenters. The molecule has 2 aromatic rings. The fraction of sp³-hybridized carbons (Fsp3) is 0.533. The summed E-state index contributed by atoms with van der Waals surface area (Å²) in [5, 5.41) is 3.01. The summed E-state index contributed by atoms with van der Waals surface area (Å²) in [6.07, 6.45) is 10.7. The molecule has 6 heteroatoms. The molecule has 1 atom stereocenters. The SMILES string of the molecule is C[C@H](C(=O)NCc1cnc2cnccn12)N1CCCCC1. The van der Waals surface area contributed by atoms with Gasteiger partial charge in [-0.3, -0.25) is 19.1 Å². The highest BCUT2D eigenvalue weighted by Crippen LogP contribution is 2.12. The number of nitrogens with one attached hydrogen (secondary N) is 1. The zero-order chi connectivity index (χ0) is 14.7. The van der Waals surface area contributed by atoms with E-state index >= 15 is 0 Å². The van der Waals surface area contributed by atoms with Gasteiger partial charge in [-0.25, -0.2) is 4.98 Å². The molecule has 0 aromatic carbocycles. The van der Waals surface area contributed by atoms with Gasteiger partial charge >= 0.3 is 0 Å². The molecule has 1 fully saturated rings. The van der Waals surface area contributed by atoms with Crippen molar-refractivity contribution < 1.29 is 4.79 Å². The van der Waals surface area contributed by atoms with E-state index < -0.39 is 0 Å². The predicted molar refractivity (Wildman–Crippen MR) is 79.7 cm³/mol. The van der Waals surface area contributed by atoms with Crippen LogP contribution in [-0.4, -0.2) is 44.3 Å². The molecule has 0 radical (unpaired) electrons. The molecule has 6 nitrogen and oxygen atoms in total. The largest absolute Gasteiger partial charge is 0.349 e. The average molecular weight is 287 g/mol. The molecule has 1 aliphatic rings. The monoisotopic (exact) mass is 287 g/mol. The van der Waals surface area contributed by atoms with E-state index in [4.69, 9.17) is 0 Å². The topological polar surface area (TPSA) is 62.5 Å². The summed E-state index contributed by atoms with van der Waals surface area (Å²) in [5.74, 6) is 0.0842. The lowest BCUT2D eigenvalue weighted by Crippen LogP contribution is -2.47. The van der Waals surface area contributed by atoms with Crippen molar-refractivity contribution in [2.45, 2.75) is 38.8 Å². The Balaban J connectivity index is 1.60. The normalized spacial score (nSPS) is 17.8. The second-order valence-electron chi connectivity index (χ2n) is 5.54. The summed E-state index contributed by atoms with van der Waals surface area (Å²) in [4.78, 5) is 22.8. The second kappa shape index (κ2) is 6.22. The molecule has 0 aliphatic carbocycles. The molecule has 1 saturated heterocycles. The van der Waals surface area contributed by atoms with Crippen molar-refractivity contribution in [2.75, 3.05) is 13.1 Å². The van der Waals surface area contributed by atoms with Crippen LogP contribution >= 0.6 is 0 Å². The highest BCUT2D eigenvalue weighted by atomic mass is 16.2. The van der Waals surface area contributed by atoms with Crippen LogP contribution in [0.4, 0.5) is 0 Å². The van der Waals surface area contributed by atoms with E-state index in [1.165, 1.54) is 19.3 Å². The molecular formula is C15H21N5O. The van der Waals surface area contributed by atoms with Gasteiger partial charge in [0.15, 0.2) is 5.65 Å². The van der Waals surface area contributed by atoms with E-state index in [1.54, 1.807) is 18.6 Å². The Morgan fingerprint density at radius 3 is 2.95 bits per heavy atom. The smallest absolute Gasteiger partial charge is 0.237 e. The van der Waals surface area contributed by atoms with Gasteiger partial charge in [0.1, 0.15) is 0 Å². The first kappa shape index (κ1) is 14.0. The zero-order valence-electron chi connectivity index (χ0n) is 12.3. The van der Waals surface area contributed by atoms with Gasteiger partial charge in [-0.1, -0.05) is 6.42 Å². The third kappa shape index (κ3) is 3.05. The van der Waals surface area contributed by atoms with Crippen molar-refractivity contribution in [3.8, 4) is 0 Å². The standard InChI is InChI=1S/C15H21N5O/c1-12(19-6-3-2-4-7-19)15(21)18-10-13-9-17-14-11-16-5-8-20(13)14/h5,8-9,11-12H,2-4,6-7,10H2,1H3,(H,18,21)/t12-/m1/s1. The Bertz CT molecular complexity index is 617. The lowest BCUT2D eigenvalue weighted by atomic mass is 10.1. The van der Waals surface area contributed by atoms with Crippen LogP contribution in [0.25, 0.3) is 5.65 Å². The minimum Gasteiger partial charge on any atom is -0.349 e. The van der Waals surface area contributed by atoms with Gasteiger partial charge in [0.25, 0.3) is 0 Å². The maximum Gasteiger partial charge on any atom is 0.237 e. The van der Waals surface area contributed by atoms with E-state index in [0.717, 1.165) is 24.4 Å². The summed E-state index contributed by atoms with van der Waals surface area (Å²) in [6, 6.07) is -0.0637. The van der Waals surface area contributed by atoms with Crippen LogP contribution in [0.15, 0.2) is 24.8 Å². The number of rotatable bonds is 4. The van der Waals surface area contributed by atoms with E-state index in [1.807, 2.05) is 17.5 Å². The Morgan fingerprint density at radius 2 is 2.14 bits per heavy atom. The number of likely N-dealkylation sites (tertiary alicyclic amines) is 1. The predicted octanol–water partition coefficient (Wildman–Crippen LogP) is 1.22. The number of carbonyl (C=O) groups excluding carboxylic acids is 1. The second-order valence-corrected chi connectivity index (χ2v) is 5.54. The van der Waals surface area contributed by atoms with Gasteiger partial charge in [0.2, 0.25) is 5.91 Å². The number of fused-ring (bicyclic) bond motifs is 1. The average Bonchev–Trinajstić information content (AvgIpc) is 2.96. The highest BCUT2D eigenvalue weighted by molar-refractivity contribution is 5.81. The van der Waals surface area contributed by atoms with Crippen LogP contribution in [0.2, 0.25) is 0 Å². The Hall–Kier alpha value is -1.95. The minimum absolute atomic E-state index is 0.0637. The van der Waals surface area contributed by atoms with E-state index in [9.17, 15) is 4.79 Å². The fourth-order valence-corrected chi connectivity index (χ4v) is 2.82. The van der Waals surface area contributed by atoms with Crippen molar-refractivity contribution in [3.63, 3.8) is 0 Å². The van der Waals surface area contributed by atoms with Crippen molar-refractivity contribution in [2.24, 2.45) is 0 Å². The third-order valence-electron chi connectivity index (χ3n) is 4.16. The van der Waals surface area contributed by atoms with Gasteiger partial charge in [-0.05, 0) is 32.9 Å². The number of hydrogen-bond donors (Lipinski definition) is 1. The molecule has 112 valence electrons. The third-order valence-corrected chi connectivity index (χ3v) is 4.16. The number of imidazole rings is 1. The number of aromatic nitrogens is 3. The maximum atomic E-state index is 12.3. The first-order chi connectivity index (χ1) is 10.3. The number of piperidine rings is 1. The first-order valence-corrected chi connectivity index (χ1v) is 7.53. The molecule has 0 saturated carbocycles. The number of carbonyl (C=O) groups is 1. The van der Waals surface area contributed by atoms with Gasteiger partial charge in [0.05, 0.1) is 30.7 Å². The van der Waals surface area contributed by atoms with Crippen LogP contribution < -0.4 is 5.32 Å². The Morgan fingerprint density at radius 1 is 1.33 bits per heavy atom. The fourth-order valence-electron chi connectivity index (χ4n) is 2.82. The summed E-state index contributed by atoms with van der Waals surface area (Å²) in [5.41, 5.74) is 1.76. The van der Waals surface area contributed by atoms with Crippen molar-refractivity contribution in [3.05, 3.63) is 30.5 Å². The number of nitrogens with zero attached hydrogens (tertiary/aromatic N) is 4. The van der Waals surface area contributed by atoms with E-state index in [2.05, 4.69) is 20.2 Å². The van der Waals surface area contributed by atoms with E-state index in [0.29, 0.717) is 6.54 Å². The summed E-state index contributed by atoms with van der Waals surface area (Å²) in [7, 11) is 0. The molecular weight excluding hydrogens is 266 g/mol. The lowest BCUT2D eigenvalue weighted by molar-refractivity contribution is -0.126. The number of hydrogen-bond acceptors (Lipinski definition) is 4. The van der Waals surface area contributed by atoms with Gasteiger partial charge < -0.3 is 5.32 Å². The Kier molecular flexibility index (Phi) is 4.15. The van der Waals surface area contributed by atoms with E-state index in [-0.39, 0.29) is 11.9 Å². The first-order valence-electron chi connectivity index (χ1n) is 7.53. The molecule has 1 aliphatic heterocycles. The van der Waals surface area contributed by atoms with Gasteiger partial charge in [-0.2, -0.15) is 0 Å². The molecule has 21 heavy (non-hydrogen) atoms. The van der Waals surface area contributed by atoms with Crippen molar-refractivity contribution in [1.82, 2.24) is 24.6 Å². The van der Waals surface area contributed by atoms with Crippen LogP contribution in [-0.2, 0) is 11.3 Å². The molecule has 0 bridgehead atoms. The van der Waals surface area contributed by atoms with Crippen LogP contribution in [0, 0.1) is 0 Å². The minimum atomic E-state index is -0.0637. The summed E-state index contributed by atoms with van der Waals surface area (Å²) >= 11 is 0. The maximum absolute atomic E-state index is 12.3.